The van der Waals surface area contributed by atoms with Crippen LogP contribution in [0.1, 0.15) is 38.9 Å². The van der Waals surface area contributed by atoms with E-state index in [0.29, 0.717) is 12.1 Å². The monoisotopic (exact) mass is 440 g/mol. The van der Waals surface area contributed by atoms with E-state index in [1.165, 1.54) is 20.8 Å². The van der Waals surface area contributed by atoms with Crippen LogP contribution in [0, 0.1) is 27.3 Å². The molecule has 0 aliphatic rings. The van der Waals surface area contributed by atoms with Gasteiger partial charge in [-0.1, -0.05) is 6.07 Å². The summed E-state index contributed by atoms with van der Waals surface area (Å²) in [5, 5.41) is 43.4. The molecule has 0 saturated heterocycles. The zero-order valence-electron chi connectivity index (χ0n) is 16.8. The van der Waals surface area contributed by atoms with Gasteiger partial charge in [0.2, 0.25) is 11.7 Å². The van der Waals surface area contributed by atoms with E-state index in [2.05, 4.69) is 5.32 Å². The number of aliphatic carboxylic acids is 1. The van der Waals surface area contributed by atoms with E-state index in [9.17, 15) is 34.0 Å². The first-order valence-corrected chi connectivity index (χ1v) is 8.78. The van der Waals surface area contributed by atoms with Crippen molar-refractivity contribution in [2.45, 2.75) is 51.0 Å². The number of halogens is 1. The van der Waals surface area contributed by atoms with Gasteiger partial charge < -0.3 is 25.6 Å². The number of carboxylic acids is 1. The van der Waals surface area contributed by atoms with Crippen LogP contribution in [-0.4, -0.2) is 50.8 Å². The van der Waals surface area contributed by atoms with Gasteiger partial charge in [-0.25, -0.2) is 9.59 Å². The number of ether oxygens (including phenoxy) is 1. The molecule has 1 aromatic rings. The van der Waals surface area contributed by atoms with Crippen molar-refractivity contribution in [2.75, 3.05) is 0 Å². The minimum Gasteiger partial charge on any atom is -0.480 e. The maximum Gasteiger partial charge on any atom is 0.408 e. The Bertz CT molecular complexity index is 909. The molecule has 0 saturated carbocycles. The van der Waals surface area contributed by atoms with Crippen LogP contribution in [0.4, 0.5) is 14.9 Å². The molecular formula is C18H21FN4O8. The lowest BCUT2D eigenvalue weighted by Crippen LogP contribution is -2.54. The Hall–Kier alpha value is -3.79. The summed E-state index contributed by atoms with van der Waals surface area (Å²) in [6.45, 7) is 4.57. The fraction of sp³-hybridized carbons (Fsp3) is 0.444. The summed E-state index contributed by atoms with van der Waals surface area (Å²) in [4.78, 5) is 45.8. The Balaban J connectivity index is 3.28. The highest BCUT2D eigenvalue weighted by Gasteiger charge is 2.35. The number of alkyl carbamates (subject to hydrolysis) is 1. The summed E-state index contributed by atoms with van der Waals surface area (Å²) in [6.07, 6.45) is -3.72. The summed E-state index contributed by atoms with van der Waals surface area (Å²) >= 11 is 0. The van der Waals surface area contributed by atoms with Crippen molar-refractivity contribution in [2.24, 2.45) is 0 Å². The fourth-order valence-corrected chi connectivity index (χ4v) is 2.32. The number of hydrogen-bond acceptors (Lipinski definition) is 8. The Morgan fingerprint density at radius 1 is 1.32 bits per heavy atom. The molecule has 31 heavy (non-hydrogen) atoms. The maximum absolute atomic E-state index is 13.6. The van der Waals surface area contributed by atoms with Crippen molar-refractivity contribution in [1.82, 2.24) is 10.6 Å². The molecule has 0 unspecified atom stereocenters. The van der Waals surface area contributed by atoms with Gasteiger partial charge in [-0.3, -0.25) is 14.9 Å². The first kappa shape index (κ1) is 25.2. The molecule has 0 fully saturated rings. The Labute approximate surface area is 175 Å². The van der Waals surface area contributed by atoms with Crippen LogP contribution in [0.15, 0.2) is 18.2 Å². The predicted octanol–water partition coefficient (Wildman–Crippen LogP) is 1.14. The van der Waals surface area contributed by atoms with Crippen LogP contribution in [0.25, 0.3) is 0 Å². The SMILES string of the molecule is CC(C)(C)OC(=O)N[C@@H](C(=O)N[C@@H](CC#N)C(=O)O)[C@H](O)c1ccc(F)c([N+](=O)[O-])c1. The van der Waals surface area contributed by atoms with E-state index in [0.717, 1.165) is 6.07 Å². The Morgan fingerprint density at radius 3 is 2.42 bits per heavy atom. The number of carbonyl (C=O) groups is 3. The number of nitrogens with zero attached hydrogens (tertiary/aromatic N) is 2. The van der Waals surface area contributed by atoms with Gasteiger partial charge in [0.1, 0.15) is 23.8 Å². The van der Waals surface area contributed by atoms with Gasteiger partial charge in [0.15, 0.2) is 0 Å². The third-order valence-electron chi connectivity index (χ3n) is 3.69. The van der Waals surface area contributed by atoms with Gasteiger partial charge in [0.05, 0.1) is 17.4 Å². The highest BCUT2D eigenvalue weighted by atomic mass is 19.1. The smallest absolute Gasteiger partial charge is 0.408 e. The van der Waals surface area contributed by atoms with Crippen molar-refractivity contribution < 1.29 is 38.6 Å². The van der Waals surface area contributed by atoms with E-state index in [-0.39, 0.29) is 5.56 Å². The Kier molecular flexibility index (Phi) is 8.39. The van der Waals surface area contributed by atoms with Crippen LogP contribution in [0.2, 0.25) is 0 Å². The van der Waals surface area contributed by atoms with Crippen LogP contribution < -0.4 is 10.6 Å². The molecule has 12 nitrogen and oxygen atoms in total. The van der Waals surface area contributed by atoms with Gasteiger partial charge in [-0.15, -0.1) is 0 Å². The van der Waals surface area contributed by atoms with Gasteiger partial charge in [-0.2, -0.15) is 9.65 Å². The minimum atomic E-state index is -1.96. The van der Waals surface area contributed by atoms with Crippen LogP contribution in [0.3, 0.4) is 0 Å². The van der Waals surface area contributed by atoms with Crippen molar-refractivity contribution in [3.05, 3.63) is 39.7 Å². The van der Waals surface area contributed by atoms with Crippen molar-refractivity contribution in [3.8, 4) is 6.07 Å². The Morgan fingerprint density at radius 2 is 1.94 bits per heavy atom. The molecule has 0 bridgehead atoms. The van der Waals surface area contributed by atoms with E-state index in [4.69, 9.17) is 15.1 Å². The lowest BCUT2D eigenvalue weighted by atomic mass is 10.00. The molecule has 1 rings (SSSR count). The van der Waals surface area contributed by atoms with E-state index >= 15 is 0 Å². The molecule has 0 aliphatic heterocycles. The first-order valence-electron chi connectivity index (χ1n) is 8.78. The molecule has 4 N–H and O–H groups in total. The molecule has 0 heterocycles. The highest BCUT2D eigenvalue weighted by Crippen LogP contribution is 2.25. The average molecular weight is 440 g/mol. The zero-order chi connectivity index (χ0) is 23.9. The number of aliphatic hydroxyl groups excluding tert-OH is 1. The van der Waals surface area contributed by atoms with Crippen molar-refractivity contribution >= 4 is 23.7 Å². The molecule has 0 aromatic heterocycles. The molecular weight excluding hydrogens is 419 g/mol. The second-order valence-corrected chi connectivity index (χ2v) is 7.30. The molecule has 0 radical (unpaired) electrons. The summed E-state index contributed by atoms with van der Waals surface area (Å²) < 4.78 is 18.6. The van der Waals surface area contributed by atoms with Crippen molar-refractivity contribution in [3.63, 3.8) is 0 Å². The highest BCUT2D eigenvalue weighted by molar-refractivity contribution is 5.90. The number of rotatable bonds is 8. The van der Waals surface area contributed by atoms with E-state index in [1.807, 2.05) is 5.32 Å². The number of carbonyl (C=O) groups excluding carboxylic acids is 2. The second kappa shape index (κ2) is 10.3. The topological polar surface area (TPSA) is 192 Å². The normalized spacial score (nSPS) is 13.8. The van der Waals surface area contributed by atoms with Gasteiger partial charge in [0, 0.05) is 6.07 Å². The largest absolute Gasteiger partial charge is 0.480 e. The van der Waals surface area contributed by atoms with Crippen molar-refractivity contribution in [1.29, 1.82) is 5.26 Å². The number of benzene rings is 1. The zero-order valence-corrected chi connectivity index (χ0v) is 16.8. The number of nitrogens with one attached hydrogen (secondary N) is 2. The number of carboxylic acid groups (broad SMARTS) is 1. The van der Waals surface area contributed by atoms with E-state index in [1.54, 1.807) is 6.07 Å². The second-order valence-electron chi connectivity index (χ2n) is 7.30. The molecule has 3 atom stereocenters. The number of aliphatic hydroxyl groups is 1. The lowest BCUT2D eigenvalue weighted by molar-refractivity contribution is -0.387. The van der Waals surface area contributed by atoms with Crippen LogP contribution >= 0.6 is 0 Å². The van der Waals surface area contributed by atoms with Gasteiger partial charge in [-0.05, 0) is 32.4 Å². The maximum atomic E-state index is 13.6. The lowest BCUT2D eigenvalue weighted by Gasteiger charge is -2.27. The third-order valence-corrected chi connectivity index (χ3v) is 3.69. The third kappa shape index (κ3) is 7.52. The number of nitro groups is 1. The summed E-state index contributed by atoms with van der Waals surface area (Å²) in [5.41, 5.74) is -2.29. The number of nitriles is 1. The van der Waals surface area contributed by atoms with Gasteiger partial charge in [0.25, 0.3) is 0 Å². The molecule has 2 amide bonds. The minimum absolute atomic E-state index is 0.309. The standard InChI is InChI=1S/C18H21FN4O8/c1-18(2,3)31-17(28)22-13(15(25)21-11(6-7-20)16(26)27)14(24)9-4-5-10(19)12(8-9)23(29)30/h4-5,8,11,13-14,24H,6H2,1-3H3,(H,21,25)(H,22,28)(H,26,27)/t11-,13+,14+/m0/s1. The summed E-state index contributed by atoms with van der Waals surface area (Å²) in [7, 11) is 0. The number of nitro benzene ring substituents is 1. The van der Waals surface area contributed by atoms with Crippen LogP contribution in [0.5, 0.6) is 0 Å². The molecule has 0 spiro atoms. The quantitative estimate of drug-likeness (QED) is 0.339. The number of amides is 2. The van der Waals surface area contributed by atoms with Gasteiger partial charge >= 0.3 is 17.7 Å². The summed E-state index contributed by atoms with van der Waals surface area (Å²) in [6, 6.07) is 0.329. The molecule has 1 aromatic carbocycles. The molecule has 168 valence electrons. The van der Waals surface area contributed by atoms with Crippen LogP contribution in [-0.2, 0) is 14.3 Å². The first-order chi connectivity index (χ1) is 14.3. The number of hydrogen-bond donors (Lipinski definition) is 4. The average Bonchev–Trinajstić information content (AvgIpc) is 2.63. The molecule has 13 heteroatoms. The van der Waals surface area contributed by atoms with E-state index < -0.39 is 64.6 Å². The molecule has 0 aliphatic carbocycles. The fourth-order valence-electron chi connectivity index (χ4n) is 2.32. The predicted molar refractivity (Wildman–Crippen MR) is 101 cm³/mol. The summed E-state index contributed by atoms with van der Waals surface area (Å²) in [5.74, 6) is -3.95.